The second-order valence-corrected chi connectivity index (χ2v) is 6.57. The topological polar surface area (TPSA) is 29.3 Å². The first-order valence-corrected chi connectivity index (χ1v) is 7.80. The second-order valence-electron chi connectivity index (χ2n) is 5.65. The van der Waals surface area contributed by atoms with E-state index >= 15 is 0 Å². The molecule has 2 nitrogen and oxygen atoms in total. The number of nitrogens with two attached hydrogens (primary N) is 1. The van der Waals surface area contributed by atoms with Gasteiger partial charge in [-0.2, -0.15) is 0 Å². The number of aryl methyl sites for hydroxylation is 1. The van der Waals surface area contributed by atoms with Crippen LogP contribution < -0.4 is 10.6 Å². The Morgan fingerprint density at radius 3 is 2.56 bits per heavy atom. The molecule has 2 heterocycles. The molecule has 2 bridgehead atoms. The van der Waals surface area contributed by atoms with Crippen molar-refractivity contribution in [3.8, 4) is 0 Å². The van der Waals surface area contributed by atoms with Crippen LogP contribution in [0, 0.1) is 0 Å². The Kier molecular flexibility index (Phi) is 3.37. The molecule has 3 rings (SSSR count). The summed E-state index contributed by atoms with van der Waals surface area (Å²) < 4.78 is 1.18. The minimum atomic E-state index is 0.416. The lowest BCUT2D eigenvalue weighted by atomic mass is 9.96. The van der Waals surface area contributed by atoms with E-state index in [1.54, 1.807) is 0 Å². The van der Waals surface area contributed by atoms with Gasteiger partial charge in [-0.3, -0.25) is 0 Å². The summed E-state index contributed by atoms with van der Waals surface area (Å²) >= 11 is 3.58. The van der Waals surface area contributed by atoms with Gasteiger partial charge in [0.05, 0.1) is 0 Å². The molecule has 2 N–H and O–H groups in total. The van der Waals surface area contributed by atoms with Gasteiger partial charge in [0, 0.05) is 28.3 Å². The molecule has 2 saturated heterocycles. The molecule has 0 spiro atoms. The van der Waals surface area contributed by atoms with Crippen LogP contribution in [0.4, 0.5) is 5.69 Å². The molecule has 2 fully saturated rings. The van der Waals surface area contributed by atoms with Crippen molar-refractivity contribution >= 4 is 21.6 Å². The average molecular weight is 309 g/mol. The lowest BCUT2D eigenvalue weighted by molar-refractivity contribution is 0.414. The zero-order valence-corrected chi connectivity index (χ0v) is 12.5. The smallest absolute Gasteiger partial charge is 0.0404 e. The molecule has 0 radical (unpaired) electrons. The molecular formula is C15H21BrN2. The van der Waals surface area contributed by atoms with Crippen molar-refractivity contribution in [1.82, 2.24) is 0 Å². The lowest BCUT2D eigenvalue weighted by Gasteiger charge is -2.40. The van der Waals surface area contributed by atoms with Gasteiger partial charge in [0.1, 0.15) is 0 Å². The number of benzene rings is 1. The number of hydrogen-bond donors (Lipinski definition) is 1. The third-order valence-electron chi connectivity index (χ3n) is 4.47. The first-order chi connectivity index (χ1) is 8.69. The van der Waals surface area contributed by atoms with Crippen molar-refractivity contribution in [1.29, 1.82) is 0 Å². The molecule has 0 aliphatic carbocycles. The van der Waals surface area contributed by atoms with E-state index in [-0.39, 0.29) is 0 Å². The second kappa shape index (κ2) is 4.86. The highest BCUT2D eigenvalue weighted by Crippen LogP contribution is 2.40. The third-order valence-corrected chi connectivity index (χ3v) is 4.96. The van der Waals surface area contributed by atoms with Crippen molar-refractivity contribution in [2.24, 2.45) is 5.73 Å². The molecule has 0 saturated carbocycles. The van der Waals surface area contributed by atoms with Crippen molar-refractivity contribution in [2.45, 2.75) is 57.2 Å². The summed E-state index contributed by atoms with van der Waals surface area (Å²) in [5, 5.41) is 0. The highest BCUT2D eigenvalue weighted by molar-refractivity contribution is 9.10. The van der Waals surface area contributed by atoms with Crippen molar-refractivity contribution in [3.05, 3.63) is 28.2 Å². The number of halogens is 1. The largest absolute Gasteiger partial charge is 0.365 e. The fourth-order valence-electron chi connectivity index (χ4n) is 3.70. The zero-order valence-electron chi connectivity index (χ0n) is 10.9. The fourth-order valence-corrected chi connectivity index (χ4v) is 4.11. The molecule has 2 aliphatic rings. The standard InChI is InChI=1S/C15H21BrN2/c1-2-10-7-11(16)3-6-15(10)18-13-4-5-14(18)9-12(17)8-13/h3,6-7,12-14H,2,4-5,8-9,17H2,1H3. The third kappa shape index (κ3) is 2.08. The fraction of sp³-hybridized carbons (Fsp3) is 0.600. The van der Waals surface area contributed by atoms with E-state index in [1.807, 2.05) is 0 Å². The number of anilines is 1. The quantitative estimate of drug-likeness (QED) is 0.906. The van der Waals surface area contributed by atoms with Gasteiger partial charge in [-0.05, 0) is 55.9 Å². The maximum absolute atomic E-state index is 6.16. The van der Waals surface area contributed by atoms with Crippen LogP contribution >= 0.6 is 15.9 Å². The van der Waals surface area contributed by atoms with E-state index in [0.29, 0.717) is 18.1 Å². The minimum Gasteiger partial charge on any atom is -0.365 e. The minimum absolute atomic E-state index is 0.416. The Bertz CT molecular complexity index is 432. The number of hydrogen-bond acceptors (Lipinski definition) is 2. The molecule has 98 valence electrons. The van der Waals surface area contributed by atoms with E-state index in [9.17, 15) is 0 Å². The molecule has 1 aromatic rings. The lowest BCUT2D eigenvalue weighted by Crippen LogP contribution is -2.47. The molecular weight excluding hydrogens is 288 g/mol. The summed E-state index contributed by atoms with van der Waals surface area (Å²) in [6, 6.07) is 8.48. The first kappa shape index (κ1) is 12.5. The van der Waals surface area contributed by atoms with E-state index < -0.39 is 0 Å². The molecule has 3 heteroatoms. The van der Waals surface area contributed by atoms with Crippen molar-refractivity contribution < 1.29 is 0 Å². The first-order valence-electron chi connectivity index (χ1n) is 7.01. The average Bonchev–Trinajstić information content (AvgIpc) is 2.62. The molecule has 18 heavy (non-hydrogen) atoms. The molecule has 2 aliphatic heterocycles. The van der Waals surface area contributed by atoms with Gasteiger partial charge >= 0.3 is 0 Å². The van der Waals surface area contributed by atoms with Gasteiger partial charge in [-0.1, -0.05) is 22.9 Å². The van der Waals surface area contributed by atoms with Crippen LogP contribution in [0.25, 0.3) is 0 Å². The van der Waals surface area contributed by atoms with Crippen LogP contribution in [0.3, 0.4) is 0 Å². The number of rotatable bonds is 2. The van der Waals surface area contributed by atoms with Crippen LogP contribution in [-0.2, 0) is 6.42 Å². The van der Waals surface area contributed by atoms with Crippen LogP contribution in [0.1, 0.15) is 38.2 Å². The maximum atomic E-state index is 6.16. The monoisotopic (exact) mass is 308 g/mol. The number of nitrogens with zero attached hydrogens (tertiary/aromatic N) is 1. The van der Waals surface area contributed by atoms with E-state index in [0.717, 1.165) is 19.3 Å². The van der Waals surface area contributed by atoms with Gasteiger partial charge in [-0.25, -0.2) is 0 Å². The normalized spacial score (nSPS) is 30.8. The maximum Gasteiger partial charge on any atom is 0.0404 e. The predicted octanol–water partition coefficient (Wildman–Crippen LogP) is 3.47. The molecule has 2 atom stereocenters. The number of piperidine rings is 1. The molecule has 0 aromatic heterocycles. The van der Waals surface area contributed by atoms with Gasteiger partial charge in [0.2, 0.25) is 0 Å². The molecule has 0 amide bonds. The highest BCUT2D eigenvalue weighted by Gasteiger charge is 2.40. The van der Waals surface area contributed by atoms with Crippen molar-refractivity contribution in [3.63, 3.8) is 0 Å². The Morgan fingerprint density at radius 1 is 1.28 bits per heavy atom. The number of fused-ring (bicyclic) bond motifs is 2. The van der Waals surface area contributed by atoms with Crippen LogP contribution in [0.5, 0.6) is 0 Å². The zero-order chi connectivity index (χ0) is 12.7. The van der Waals surface area contributed by atoms with E-state index in [4.69, 9.17) is 5.73 Å². The van der Waals surface area contributed by atoms with Crippen LogP contribution in [-0.4, -0.2) is 18.1 Å². The van der Waals surface area contributed by atoms with Gasteiger partial charge < -0.3 is 10.6 Å². The summed E-state index contributed by atoms with van der Waals surface area (Å²) in [7, 11) is 0. The van der Waals surface area contributed by atoms with Gasteiger partial charge in [-0.15, -0.1) is 0 Å². The summed E-state index contributed by atoms with van der Waals surface area (Å²) in [6.07, 6.45) is 6.05. The van der Waals surface area contributed by atoms with Crippen molar-refractivity contribution in [2.75, 3.05) is 4.90 Å². The summed E-state index contributed by atoms with van der Waals surface area (Å²) in [5.74, 6) is 0. The summed E-state index contributed by atoms with van der Waals surface area (Å²) in [4.78, 5) is 2.66. The highest BCUT2D eigenvalue weighted by atomic mass is 79.9. The van der Waals surface area contributed by atoms with Gasteiger partial charge in [0.15, 0.2) is 0 Å². The molecule has 2 unspecified atom stereocenters. The van der Waals surface area contributed by atoms with E-state index in [1.165, 1.54) is 28.6 Å². The Morgan fingerprint density at radius 2 is 1.94 bits per heavy atom. The predicted molar refractivity (Wildman–Crippen MR) is 80.0 cm³/mol. The SMILES string of the molecule is CCc1cc(Br)ccc1N1C2CCC1CC(N)C2. The Balaban J connectivity index is 1.96. The molecule has 1 aromatic carbocycles. The Hall–Kier alpha value is -0.540. The Labute approximate surface area is 118 Å². The van der Waals surface area contributed by atoms with Gasteiger partial charge in [0.25, 0.3) is 0 Å². The summed E-state index contributed by atoms with van der Waals surface area (Å²) in [5.41, 5.74) is 9.06. The van der Waals surface area contributed by atoms with Crippen LogP contribution in [0.2, 0.25) is 0 Å². The van der Waals surface area contributed by atoms with Crippen LogP contribution in [0.15, 0.2) is 22.7 Å². The van der Waals surface area contributed by atoms with E-state index in [2.05, 4.69) is 46.0 Å². The summed E-state index contributed by atoms with van der Waals surface area (Å²) in [6.45, 7) is 2.24.